The van der Waals surface area contributed by atoms with Gasteiger partial charge in [0.1, 0.15) is 11.3 Å². The van der Waals surface area contributed by atoms with Crippen LogP contribution in [0.25, 0.3) is 10.9 Å². The molecular weight excluding hydrogens is 205 g/mol. The summed E-state index contributed by atoms with van der Waals surface area (Å²) in [5.74, 6) is 0.227. The molecule has 0 saturated heterocycles. The number of nitrogens with zero attached hydrogens (tertiary/aromatic N) is 2. The average Bonchev–Trinajstić information content (AvgIpc) is 2.18. The molecule has 0 aliphatic rings. The molecule has 0 atom stereocenters. The van der Waals surface area contributed by atoms with Gasteiger partial charge in [-0.05, 0) is 18.4 Å². The lowest BCUT2D eigenvalue weighted by Crippen LogP contribution is -2.04. The highest BCUT2D eigenvalue weighted by Crippen LogP contribution is 2.21. The van der Waals surface area contributed by atoms with Gasteiger partial charge in [-0.2, -0.15) is 0 Å². The van der Waals surface area contributed by atoms with E-state index < -0.39 is 0 Å². The van der Waals surface area contributed by atoms with Gasteiger partial charge in [-0.1, -0.05) is 26.0 Å². The summed E-state index contributed by atoms with van der Waals surface area (Å²) in [6.45, 7) is 4.17. The summed E-state index contributed by atoms with van der Waals surface area (Å²) in [5.41, 5.74) is 6.71. The number of nitrogens with two attached hydrogens (primary N) is 1. The van der Waals surface area contributed by atoms with E-state index in [9.17, 15) is 4.39 Å². The minimum atomic E-state index is -0.350. The average molecular weight is 219 g/mol. The summed E-state index contributed by atoms with van der Waals surface area (Å²) in [4.78, 5) is 8.12. The predicted molar refractivity (Wildman–Crippen MR) is 62.5 cm³/mol. The quantitative estimate of drug-likeness (QED) is 0.844. The maximum Gasteiger partial charge on any atom is 0.220 e. The van der Waals surface area contributed by atoms with E-state index in [1.54, 1.807) is 6.07 Å². The third-order valence-electron chi connectivity index (χ3n) is 2.38. The van der Waals surface area contributed by atoms with Crippen molar-refractivity contribution in [2.45, 2.75) is 20.3 Å². The van der Waals surface area contributed by atoms with Crippen molar-refractivity contribution >= 4 is 16.9 Å². The van der Waals surface area contributed by atoms with Crippen LogP contribution in [0.15, 0.2) is 18.2 Å². The second-order valence-electron chi connectivity index (χ2n) is 4.26. The van der Waals surface area contributed by atoms with Crippen LogP contribution in [0.4, 0.5) is 10.3 Å². The van der Waals surface area contributed by atoms with E-state index in [0.717, 1.165) is 17.5 Å². The molecule has 0 aliphatic carbocycles. The lowest BCUT2D eigenvalue weighted by atomic mass is 10.0. The fraction of sp³-hybridized carbons (Fsp3) is 0.333. The van der Waals surface area contributed by atoms with Crippen LogP contribution in [0.3, 0.4) is 0 Å². The van der Waals surface area contributed by atoms with E-state index in [1.807, 2.05) is 6.07 Å². The van der Waals surface area contributed by atoms with E-state index in [0.29, 0.717) is 11.4 Å². The number of rotatable bonds is 2. The lowest BCUT2D eigenvalue weighted by molar-refractivity contribution is 0.630. The van der Waals surface area contributed by atoms with Crippen LogP contribution in [0, 0.1) is 11.7 Å². The Morgan fingerprint density at radius 3 is 2.75 bits per heavy atom. The van der Waals surface area contributed by atoms with E-state index in [2.05, 4.69) is 23.8 Å². The Hall–Kier alpha value is -1.71. The first-order chi connectivity index (χ1) is 7.58. The number of benzene rings is 1. The van der Waals surface area contributed by atoms with E-state index in [4.69, 9.17) is 5.73 Å². The molecule has 1 aromatic heterocycles. The van der Waals surface area contributed by atoms with Gasteiger partial charge in [0.05, 0.1) is 5.69 Å². The maximum absolute atomic E-state index is 13.5. The third kappa shape index (κ3) is 1.96. The monoisotopic (exact) mass is 219 g/mol. The molecule has 2 rings (SSSR count). The first-order valence-electron chi connectivity index (χ1n) is 5.28. The first-order valence-corrected chi connectivity index (χ1v) is 5.28. The molecule has 0 saturated carbocycles. The fourth-order valence-corrected chi connectivity index (χ4v) is 1.74. The topological polar surface area (TPSA) is 51.8 Å². The lowest BCUT2D eigenvalue weighted by Gasteiger charge is -2.08. The van der Waals surface area contributed by atoms with Crippen molar-refractivity contribution in [3.8, 4) is 0 Å². The number of halogens is 1. The number of fused-ring (bicyclic) bond motifs is 1. The van der Waals surface area contributed by atoms with Crippen molar-refractivity contribution in [3.63, 3.8) is 0 Å². The van der Waals surface area contributed by atoms with Crippen molar-refractivity contribution in [1.82, 2.24) is 9.97 Å². The molecular formula is C12H14FN3. The number of anilines is 1. The number of hydrogen-bond acceptors (Lipinski definition) is 3. The Morgan fingerprint density at radius 2 is 2.06 bits per heavy atom. The van der Waals surface area contributed by atoms with Gasteiger partial charge in [0.25, 0.3) is 0 Å². The minimum Gasteiger partial charge on any atom is -0.368 e. The molecule has 3 nitrogen and oxygen atoms in total. The number of nitrogen functional groups attached to an aromatic ring is 1. The summed E-state index contributed by atoms with van der Waals surface area (Å²) in [5, 5.41) is 0.753. The Kier molecular flexibility index (Phi) is 2.73. The van der Waals surface area contributed by atoms with Crippen LogP contribution in [-0.4, -0.2) is 9.97 Å². The van der Waals surface area contributed by atoms with Crippen molar-refractivity contribution in [2.24, 2.45) is 5.92 Å². The highest BCUT2D eigenvalue weighted by molar-refractivity contribution is 5.82. The molecule has 0 unspecified atom stereocenters. The Morgan fingerprint density at radius 1 is 1.31 bits per heavy atom. The van der Waals surface area contributed by atoms with Gasteiger partial charge in [0.15, 0.2) is 0 Å². The summed E-state index contributed by atoms with van der Waals surface area (Å²) in [7, 11) is 0. The summed E-state index contributed by atoms with van der Waals surface area (Å²) in [6, 6.07) is 4.88. The molecule has 2 N–H and O–H groups in total. The van der Waals surface area contributed by atoms with Crippen molar-refractivity contribution < 1.29 is 4.39 Å². The number of aromatic nitrogens is 2. The fourth-order valence-electron chi connectivity index (χ4n) is 1.74. The standard InChI is InChI=1S/C12H14FN3/c1-7(2)6-10-8-4-3-5-9(13)11(8)16-12(14)15-10/h3-5,7H,6H2,1-2H3,(H2,14,15,16). The molecule has 0 bridgehead atoms. The first kappa shape index (κ1) is 10.8. The van der Waals surface area contributed by atoms with Gasteiger partial charge >= 0.3 is 0 Å². The Balaban J connectivity index is 2.68. The van der Waals surface area contributed by atoms with Crippen molar-refractivity contribution in [3.05, 3.63) is 29.7 Å². The molecule has 2 aromatic rings. The zero-order chi connectivity index (χ0) is 11.7. The predicted octanol–water partition coefficient (Wildman–Crippen LogP) is 2.55. The van der Waals surface area contributed by atoms with Gasteiger partial charge in [0.2, 0.25) is 5.95 Å². The summed E-state index contributed by atoms with van der Waals surface area (Å²) >= 11 is 0. The second-order valence-corrected chi connectivity index (χ2v) is 4.26. The zero-order valence-corrected chi connectivity index (χ0v) is 9.37. The van der Waals surface area contributed by atoms with Gasteiger partial charge in [-0.15, -0.1) is 0 Å². The molecule has 1 heterocycles. The molecule has 1 aromatic carbocycles. The second kappa shape index (κ2) is 4.04. The van der Waals surface area contributed by atoms with Crippen LogP contribution >= 0.6 is 0 Å². The largest absolute Gasteiger partial charge is 0.368 e. The molecule has 4 heteroatoms. The molecule has 0 amide bonds. The van der Waals surface area contributed by atoms with Crippen molar-refractivity contribution in [1.29, 1.82) is 0 Å². The summed E-state index contributed by atoms with van der Waals surface area (Å²) in [6.07, 6.45) is 0.771. The number of para-hydroxylation sites is 1. The zero-order valence-electron chi connectivity index (χ0n) is 9.37. The van der Waals surface area contributed by atoms with Crippen LogP contribution < -0.4 is 5.73 Å². The minimum absolute atomic E-state index is 0.133. The SMILES string of the molecule is CC(C)Cc1nc(N)nc2c(F)cccc12. The molecule has 16 heavy (non-hydrogen) atoms. The van der Waals surface area contributed by atoms with Crippen LogP contribution in [0.2, 0.25) is 0 Å². The van der Waals surface area contributed by atoms with Gasteiger partial charge in [0, 0.05) is 5.39 Å². The van der Waals surface area contributed by atoms with Gasteiger partial charge < -0.3 is 5.73 Å². The molecule has 84 valence electrons. The van der Waals surface area contributed by atoms with Crippen molar-refractivity contribution in [2.75, 3.05) is 5.73 Å². The smallest absolute Gasteiger partial charge is 0.220 e. The molecule has 0 spiro atoms. The van der Waals surface area contributed by atoms with Crippen LogP contribution in [0.5, 0.6) is 0 Å². The number of hydrogen-bond donors (Lipinski definition) is 1. The molecule has 0 radical (unpaired) electrons. The van der Waals surface area contributed by atoms with Crippen LogP contribution in [0.1, 0.15) is 19.5 Å². The third-order valence-corrected chi connectivity index (χ3v) is 2.38. The van der Waals surface area contributed by atoms with Crippen LogP contribution in [-0.2, 0) is 6.42 Å². The highest BCUT2D eigenvalue weighted by Gasteiger charge is 2.10. The summed E-state index contributed by atoms with van der Waals surface area (Å²) < 4.78 is 13.5. The van der Waals surface area contributed by atoms with E-state index in [-0.39, 0.29) is 11.8 Å². The molecule has 0 fully saturated rings. The Labute approximate surface area is 93.5 Å². The highest BCUT2D eigenvalue weighted by atomic mass is 19.1. The molecule has 0 aliphatic heterocycles. The van der Waals surface area contributed by atoms with Gasteiger partial charge in [-0.3, -0.25) is 0 Å². The normalized spacial score (nSPS) is 11.2. The van der Waals surface area contributed by atoms with E-state index >= 15 is 0 Å². The van der Waals surface area contributed by atoms with E-state index in [1.165, 1.54) is 6.07 Å². The maximum atomic E-state index is 13.5. The van der Waals surface area contributed by atoms with Gasteiger partial charge in [-0.25, -0.2) is 14.4 Å². The Bertz CT molecular complexity index is 523.